The number of anilines is 2. The predicted molar refractivity (Wildman–Crippen MR) is 76.1 cm³/mol. The van der Waals surface area contributed by atoms with Crippen LogP contribution < -0.4 is 15.4 Å². The largest absolute Gasteiger partial charge is 0.497 e. The van der Waals surface area contributed by atoms with Gasteiger partial charge in [0.15, 0.2) is 5.82 Å². The molecular formula is C14H15N3O4. The van der Waals surface area contributed by atoms with Crippen molar-refractivity contribution in [1.29, 1.82) is 0 Å². The van der Waals surface area contributed by atoms with Crippen molar-refractivity contribution in [1.82, 2.24) is 5.16 Å². The number of nitrogens with one attached hydrogen (secondary N) is 2. The summed E-state index contributed by atoms with van der Waals surface area (Å²) in [4.78, 5) is 23.4. The van der Waals surface area contributed by atoms with Crippen LogP contribution in [0.3, 0.4) is 0 Å². The van der Waals surface area contributed by atoms with E-state index in [1.165, 1.54) is 0 Å². The molecule has 2 aromatic rings. The minimum absolute atomic E-state index is 0.287. The predicted octanol–water partition coefficient (Wildman–Crippen LogP) is 1.96. The molecule has 0 bridgehead atoms. The number of aryl methyl sites for hydroxylation is 1. The topological polar surface area (TPSA) is 93.5 Å². The number of carbonyl (C=O) groups excluding carboxylic acids is 2. The van der Waals surface area contributed by atoms with E-state index in [0.29, 0.717) is 17.2 Å². The fraction of sp³-hybridized carbons (Fsp3) is 0.214. The Bertz CT molecular complexity index is 634. The lowest BCUT2D eigenvalue weighted by Crippen LogP contribution is -2.21. The molecule has 2 amide bonds. The summed E-state index contributed by atoms with van der Waals surface area (Å²) in [6, 6.07) is 8.38. The molecule has 1 aromatic carbocycles. The first-order valence-corrected chi connectivity index (χ1v) is 6.24. The van der Waals surface area contributed by atoms with E-state index in [1.54, 1.807) is 44.4 Å². The summed E-state index contributed by atoms with van der Waals surface area (Å²) in [5.41, 5.74) is 0.589. The van der Waals surface area contributed by atoms with Gasteiger partial charge < -0.3 is 19.9 Å². The van der Waals surface area contributed by atoms with Gasteiger partial charge in [-0.2, -0.15) is 0 Å². The van der Waals surface area contributed by atoms with Gasteiger partial charge in [-0.25, -0.2) is 0 Å². The number of aromatic nitrogens is 1. The van der Waals surface area contributed by atoms with E-state index in [-0.39, 0.29) is 12.2 Å². The number of methoxy groups -OCH3 is 1. The molecule has 1 heterocycles. The summed E-state index contributed by atoms with van der Waals surface area (Å²) >= 11 is 0. The zero-order valence-corrected chi connectivity index (χ0v) is 11.7. The van der Waals surface area contributed by atoms with Crippen LogP contribution in [-0.2, 0) is 9.59 Å². The van der Waals surface area contributed by atoms with Crippen LogP contribution in [0.15, 0.2) is 34.9 Å². The van der Waals surface area contributed by atoms with Crippen LogP contribution in [0.2, 0.25) is 0 Å². The standard InChI is InChI=1S/C14H15N3O4/c1-9-7-12(17-21-9)16-14(19)8-13(18)15-10-3-5-11(20-2)6-4-10/h3-7H,8H2,1-2H3,(H,15,18)(H,16,17,19). The summed E-state index contributed by atoms with van der Waals surface area (Å²) in [5, 5.41) is 8.70. The monoisotopic (exact) mass is 289 g/mol. The van der Waals surface area contributed by atoms with Crippen LogP contribution in [-0.4, -0.2) is 24.1 Å². The Hall–Kier alpha value is -2.83. The molecule has 0 fully saturated rings. The molecule has 0 unspecified atom stereocenters. The summed E-state index contributed by atoms with van der Waals surface area (Å²) in [6.45, 7) is 1.71. The molecule has 2 rings (SSSR count). The number of nitrogens with zero attached hydrogens (tertiary/aromatic N) is 1. The molecule has 21 heavy (non-hydrogen) atoms. The Kier molecular flexibility index (Phi) is 4.55. The second-order valence-electron chi connectivity index (χ2n) is 4.32. The third-order valence-electron chi connectivity index (χ3n) is 2.59. The van der Waals surface area contributed by atoms with Crippen molar-refractivity contribution in [2.24, 2.45) is 0 Å². The highest BCUT2D eigenvalue weighted by Gasteiger charge is 2.11. The number of amides is 2. The number of carbonyl (C=O) groups is 2. The van der Waals surface area contributed by atoms with Crippen LogP contribution in [0, 0.1) is 6.92 Å². The Morgan fingerprint density at radius 1 is 1.19 bits per heavy atom. The second-order valence-corrected chi connectivity index (χ2v) is 4.32. The highest BCUT2D eigenvalue weighted by molar-refractivity contribution is 6.07. The lowest BCUT2D eigenvalue weighted by atomic mass is 10.3. The maximum absolute atomic E-state index is 11.7. The number of ether oxygens (including phenoxy) is 1. The lowest BCUT2D eigenvalue weighted by Gasteiger charge is -2.06. The third-order valence-corrected chi connectivity index (χ3v) is 2.59. The Morgan fingerprint density at radius 2 is 1.86 bits per heavy atom. The minimum Gasteiger partial charge on any atom is -0.497 e. The van der Waals surface area contributed by atoms with Gasteiger partial charge in [-0.05, 0) is 31.2 Å². The average molecular weight is 289 g/mol. The lowest BCUT2D eigenvalue weighted by molar-refractivity contribution is -0.123. The average Bonchev–Trinajstić information content (AvgIpc) is 2.84. The van der Waals surface area contributed by atoms with Gasteiger partial charge in [0.1, 0.15) is 17.9 Å². The van der Waals surface area contributed by atoms with E-state index in [4.69, 9.17) is 9.26 Å². The van der Waals surface area contributed by atoms with Crippen LogP contribution >= 0.6 is 0 Å². The molecular weight excluding hydrogens is 274 g/mol. The molecule has 2 N–H and O–H groups in total. The summed E-state index contributed by atoms with van der Waals surface area (Å²) < 4.78 is 9.83. The van der Waals surface area contributed by atoms with Crippen LogP contribution in [0.1, 0.15) is 12.2 Å². The summed E-state index contributed by atoms with van der Waals surface area (Å²) in [5.74, 6) is 0.669. The molecule has 0 aliphatic heterocycles. The van der Waals surface area contributed by atoms with Gasteiger partial charge in [-0.15, -0.1) is 0 Å². The van der Waals surface area contributed by atoms with Crippen molar-refractivity contribution in [2.45, 2.75) is 13.3 Å². The van der Waals surface area contributed by atoms with Gasteiger partial charge in [-0.1, -0.05) is 5.16 Å². The fourth-order valence-corrected chi connectivity index (χ4v) is 1.64. The van der Waals surface area contributed by atoms with Crippen molar-refractivity contribution < 1.29 is 18.8 Å². The maximum atomic E-state index is 11.7. The van der Waals surface area contributed by atoms with Crippen molar-refractivity contribution in [2.75, 3.05) is 17.7 Å². The van der Waals surface area contributed by atoms with Gasteiger partial charge in [0, 0.05) is 11.8 Å². The molecule has 0 spiro atoms. The Balaban J connectivity index is 1.84. The number of hydrogen-bond acceptors (Lipinski definition) is 5. The third kappa shape index (κ3) is 4.34. The van der Waals surface area contributed by atoms with Crippen molar-refractivity contribution in [3.63, 3.8) is 0 Å². The SMILES string of the molecule is COc1ccc(NC(=O)CC(=O)Nc2cc(C)on2)cc1. The molecule has 0 aliphatic carbocycles. The first-order valence-electron chi connectivity index (χ1n) is 6.24. The Labute approximate surface area is 121 Å². The highest BCUT2D eigenvalue weighted by Crippen LogP contribution is 2.15. The summed E-state index contributed by atoms with van der Waals surface area (Å²) in [6.07, 6.45) is -0.308. The van der Waals surface area contributed by atoms with Crippen molar-refractivity contribution in [3.8, 4) is 5.75 Å². The normalized spacial score (nSPS) is 10.0. The molecule has 0 atom stereocenters. The van der Waals surface area contributed by atoms with E-state index in [1.807, 2.05) is 0 Å². The molecule has 0 radical (unpaired) electrons. The smallest absolute Gasteiger partial charge is 0.235 e. The summed E-state index contributed by atoms with van der Waals surface area (Å²) in [7, 11) is 1.56. The molecule has 110 valence electrons. The second kappa shape index (κ2) is 6.56. The molecule has 7 nitrogen and oxygen atoms in total. The van der Waals surface area contributed by atoms with Crippen molar-refractivity contribution in [3.05, 3.63) is 36.1 Å². The molecule has 0 aliphatic rings. The first kappa shape index (κ1) is 14.6. The first-order chi connectivity index (χ1) is 10.1. The van der Waals surface area contributed by atoms with Gasteiger partial charge in [0.05, 0.1) is 7.11 Å². The molecule has 0 saturated heterocycles. The van der Waals surface area contributed by atoms with Crippen LogP contribution in [0.4, 0.5) is 11.5 Å². The highest BCUT2D eigenvalue weighted by atomic mass is 16.5. The van der Waals surface area contributed by atoms with E-state index >= 15 is 0 Å². The molecule has 7 heteroatoms. The molecule has 1 aromatic heterocycles. The quantitative estimate of drug-likeness (QED) is 0.821. The van der Waals surface area contributed by atoms with E-state index in [0.717, 1.165) is 0 Å². The van der Waals surface area contributed by atoms with Crippen LogP contribution in [0.5, 0.6) is 5.75 Å². The van der Waals surface area contributed by atoms with Gasteiger partial charge in [-0.3, -0.25) is 9.59 Å². The van der Waals surface area contributed by atoms with Gasteiger partial charge >= 0.3 is 0 Å². The minimum atomic E-state index is -0.464. The fourth-order valence-electron chi connectivity index (χ4n) is 1.64. The van der Waals surface area contributed by atoms with E-state index in [2.05, 4.69) is 15.8 Å². The van der Waals surface area contributed by atoms with Gasteiger partial charge in [0.2, 0.25) is 11.8 Å². The number of rotatable bonds is 5. The zero-order valence-electron chi connectivity index (χ0n) is 11.7. The van der Waals surface area contributed by atoms with Crippen LogP contribution in [0.25, 0.3) is 0 Å². The Morgan fingerprint density at radius 3 is 2.43 bits per heavy atom. The van der Waals surface area contributed by atoms with E-state index in [9.17, 15) is 9.59 Å². The molecule has 0 saturated carbocycles. The van der Waals surface area contributed by atoms with Crippen molar-refractivity contribution >= 4 is 23.3 Å². The maximum Gasteiger partial charge on any atom is 0.235 e. The van der Waals surface area contributed by atoms with Gasteiger partial charge in [0.25, 0.3) is 0 Å². The number of benzene rings is 1. The van der Waals surface area contributed by atoms with E-state index < -0.39 is 11.8 Å². The zero-order chi connectivity index (χ0) is 15.2. The number of hydrogen-bond donors (Lipinski definition) is 2.